The molecule has 8 nitrogen and oxygen atoms in total. The topological polar surface area (TPSA) is 117 Å². The molecule has 0 atom stereocenters. The van der Waals surface area contributed by atoms with Gasteiger partial charge in [0.2, 0.25) is 0 Å². The number of nitro benzene ring substituents is 1. The molecule has 0 aliphatic heterocycles. The van der Waals surface area contributed by atoms with Crippen LogP contribution < -0.4 is 4.57 Å². The molecular weight excluding hydrogens is 526 g/mol. The van der Waals surface area contributed by atoms with Crippen molar-refractivity contribution in [2.24, 2.45) is 0 Å². The van der Waals surface area contributed by atoms with Gasteiger partial charge in [-0.05, 0) is 37.1 Å². The van der Waals surface area contributed by atoms with Crippen LogP contribution in [0.4, 0.5) is 5.69 Å². The summed E-state index contributed by atoms with van der Waals surface area (Å²) in [5, 5.41) is 11.1. The van der Waals surface area contributed by atoms with Crippen LogP contribution in [0.15, 0.2) is 47.4 Å². The summed E-state index contributed by atoms with van der Waals surface area (Å²) in [4.78, 5) is 13.7. The molecule has 2 aromatic carbocycles. The SMILES string of the molecule is CCCCCCCCCCCCCCCCCC[n+]1c(-c2ccc([N+](=O)[O-])cc2)[nH]c2cc(S(=O)(=O)O)ccc21. The van der Waals surface area contributed by atoms with Gasteiger partial charge >= 0.3 is 0 Å². The van der Waals surface area contributed by atoms with Crippen molar-refractivity contribution >= 4 is 26.8 Å². The standard InChI is InChI=1S/C31H45N3O5S/c1-2-3-4-5-6-7-8-9-10-11-12-13-14-15-16-17-24-33-30-23-22-28(40(37,38)39)25-29(30)32-31(33)26-18-20-27(21-19-26)34(35)36/h18-23,25H,2-17,24H2,1H3,(H,37,38,39)/p+1. The molecular formula is C31H46N3O5S+. The number of hydrogen-bond acceptors (Lipinski definition) is 4. The highest BCUT2D eigenvalue weighted by atomic mass is 32.2. The van der Waals surface area contributed by atoms with E-state index in [0.29, 0.717) is 5.52 Å². The van der Waals surface area contributed by atoms with E-state index in [1.807, 2.05) is 0 Å². The molecule has 0 aliphatic rings. The molecule has 0 radical (unpaired) electrons. The number of non-ortho nitro benzene ring substituents is 1. The first-order valence-corrected chi connectivity index (χ1v) is 16.5. The zero-order chi connectivity index (χ0) is 28.8. The van der Waals surface area contributed by atoms with Crippen molar-refractivity contribution in [1.82, 2.24) is 4.98 Å². The molecule has 3 rings (SSSR count). The van der Waals surface area contributed by atoms with E-state index in [0.717, 1.165) is 36.3 Å². The van der Waals surface area contributed by atoms with Crippen molar-refractivity contribution in [1.29, 1.82) is 0 Å². The van der Waals surface area contributed by atoms with E-state index in [-0.39, 0.29) is 10.6 Å². The lowest BCUT2D eigenvalue weighted by Gasteiger charge is -2.05. The summed E-state index contributed by atoms with van der Waals surface area (Å²) in [6, 6.07) is 10.8. The first kappa shape index (κ1) is 31.7. The Labute approximate surface area is 239 Å². The van der Waals surface area contributed by atoms with E-state index in [9.17, 15) is 23.1 Å². The molecule has 1 aromatic heterocycles. The molecule has 9 heteroatoms. The number of benzene rings is 2. The largest absolute Gasteiger partial charge is 0.294 e. The normalized spacial score (nSPS) is 11.8. The van der Waals surface area contributed by atoms with Crippen molar-refractivity contribution in [3.05, 3.63) is 52.6 Å². The van der Waals surface area contributed by atoms with Gasteiger partial charge in [0.05, 0.1) is 21.9 Å². The summed E-state index contributed by atoms with van der Waals surface area (Å²) in [5.41, 5.74) is 2.19. The van der Waals surface area contributed by atoms with Crippen molar-refractivity contribution in [2.45, 2.75) is 121 Å². The maximum atomic E-state index is 11.6. The Morgan fingerprint density at radius 3 is 1.75 bits per heavy atom. The molecule has 40 heavy (non-hydrogen) atoms. The molecule has 2 N–H and O–H groups in total. The van der Waals surface area contributed by atoms with Crippen LogP contribution in [0.1, 0.15) is 110 Å². The van der Waals surface area contributed by atoms with Crippen LogP contribution in [-0.4, -0.2) is 22.9 Å². The summed E-state index contributed by atoms with van der Waals surface area (Å²) in [7, 11) is -4.33. The molecule has 0 bridgehead atoms. The number of fused-ring (bicyclic) bond motifs is 1. The number of unbranched alkanes of at least 4 members (excludes halogenated alkanes) is 15. The van der Waals surface area contributed by atoms with E-state index < -0.39 is 15.0 Å². The number of aromatic nitrogens is 2. The van der Waals surface area contributed by atoms with E-state index in [4.69, 9.17) is 0 Å². The quantitative estimate of drug-likeness (QED) is 0.0462. The van der Waals surface area contributed by atoms with Gasteiger partial charge in [-0.15, -0.1) is 0 Å². The predicted octanol–water partition coefficient (Wildman–Crippen LogP) is 8.54. The van der Waals surface area contributed by atoms with E-state index in [1.54, 1.807) is 18.2 Å². The Kier molecular flexibility index (Phi) is 13.1. The number of aromatic amines is 1. The Morgan fingerprint density at radius 2 is 1.27 bits per heavy atom. The summed E-state index contributed by atoms with van der Waals surface area (Å²) in [6.45, 7) is 3.00. The molecule has 0 aliphatic carbocycles. The van der Waals surface area contributed by atoms with Gasteiger partial charge in [-0.25, -0.2) is 9.55 Å². The molecule has 1 heterocycles. The van der Waals surface area contributed by atoms with Crippen LogP contribution >= 0.6 is 0 Å². The van der Waals surface area contributed by atoms with Crippen molar-refractivity contribution < 1.29 is 22.5 Å². The second kappa shape index (κ2) is 16.5. The zero-order valence-corrected chi connectivity index (χ0v) is 24.8. The maximum Gasteiger partial charge on any atom is 0.294 e. The fourth-order valence-electron chi connectivity index (χ4n) is 5.35. The lowest BCUT2D eigenvalue weighted by molar-refractivity contribution is -0.660. The Balaban J connectivity index is 1.45. The van der Waals surface area contributed by atoms with Gasteiger partial charge in [-0.3, -0.25) is 14.7 Å². The van der Waals surface area contributed by atoms with E-state index >= 15 is 0 Å². The van der Waals surface area contributed by atoms with Gasteiger partial charge in [0, 0.05) is 18.2 Å². The van der Waals surface area contributed by atoms with Crippen LogP contribution in [-0.2, 0) is 16.7 Å². The molecule has 0 unspecified atom stereocenters. The Bertz CT molecular complexity index is 1300. The number of H-pyrrole nitrogens is 1. The molecule has 3 aromatic rings. The highest BCUT2D eigenvalue weighted by molar-refractivity contribution is 7.85. The first-order valence-electron chi connectivity index (χ1n) is 15.1. The van der Waals surface area contributed by atoms with Crippen LogP contribution in [0.25, 0.3) is 22.4 Å². The monoisotopic (exact) mass is 572 g/mol. The number of nitrogens with zero attached hydrogens (tertiary/aromatic N) is 2. The minimum absolute atomic E-state index is 0.0119. The fourth-order valence-corrected chi connectivity index (χ4v) is 5.85. The highest BCUT2D eigenvalue weighted by Gasteiger charge is 2.23. The second-order valence-corrected chi connectivity index (χ2v) is 12.3. The second-order valence-electron chi connectivity index (χ2n) is 10.9. The minimum atomic E-state index is -4.33. The Hall–Kier alpha value is -2.78. The van der Waals surface area contributed by atoms with Crippen molar-refractivity contribution in [2.75, 3.05) is 0 Å². The van der Waals surface area contributed by atoms with Gasteiger partial charge in [0.1, 0.15) is 0 Å². The smallest absolute Gasteiger partial charge is 0.282 e. The highest BCUT2D eigenvalue weighted by Crippen LogP contribution is 2.24. The lowest BCUT2D eigenvalue weighted by Crippen LogP contribution is -2.35. The van der Waals surface area contributed by atoms with Crippen molar-refractivity contribution in [3.8, 4) is 11.4 Å². The molecule has 0 fully saturated rings. The average Bonchev–Trinajstić information content (AvgIpc) is 3.30. The molecule has 0 saturated heterocycles. The van der Waals surface area contributed by atoms with Crippen LogP contribution in [0.3, 0.4) is 0 Å². The van der Waals surface area contributed by atoms with Crippen molar-refractivity contribution in [3.63, 3.8) is 0 Å². The number of nitro groups is 1. The fraction of sp³-hybridized carbons (Fsp3) is 0.581. The van der Waals surface area contributed by atoms with Gasteiger partial charge in [-0.1, -0.05) is 96.8 Å². The summed E-state index contributed by atoms with van der Waals surface area (Å²) in [6.07, 6.45) is 20.8. The first-order chi connectivity index (χ1) is 19.3. The van der Waals surface area contributed by atoms with Gasteiger partial charge in [0.15, 0.2) is 11.0 Å². The van der Waals surface area contributed by atoms with Gasteiger partial charge in [0.25, 0.3) is 21.6 Å². The van der Waals surface area contributed by atoms with Crippen LogP contribution in [0, 0.1) is 10.1 Å². The number of imidazole rings is 1. The molecule has 0 spiro atoms. The number of hydrogen-bond donors (Lipinski definition) is 2. The summed E-state index contributed by atoms with van der Waals surface area (Å²) < 4.78 is 34.9. The zero-order valence-electron chi connectivity index (χ0n) is 23.9. The van der Waals surface area contributed by atoms with E-state index in [1.165, 1.54) is 114 Å². The molecule has 0 saturated carbocycles. The average molecular weight is 573 g/mol. The lowest BCUT2D eigenvalue weighted by atomic mass is 10.0. The Morgan fingerprint density at radius 1 is 0.775 bits per heavy atom. The number of nitrogens with one attached hydrogen (secondary N) is 1. The van der Waals surface area contributed by atoms with Crippen LogP contribution in [0.2, 0.25) is 0 Å². The van der Waals surface area contributed by atoms with Gasteiger partial charge in [-0.2, -0.15) is 8.42 Å². The van der Waals surface area contributed by atoms with Gasteiger partial charge < -0.3 is 0 Å². The molecule has 0 amide bonds. The summed E-state index contributed by atoms with van der Waals surface area (Å²) in [5.74, 6) is 0.748. The van der Waals surface area contributed by atoms with E-state index in [2.05, 4.69) is 16.5 Å². The third kappa shape index (κ3) is 10.0. The van der Waals surface area contributed by atoms with Crippen LogP contribution in [0.5, 0.6) is 0 Å². The molecule has 220 valence electrons. The third-order valence-corrected chi connectivity index (χ3v) is 8.52. The number of aryl methyl sites for hydroxylation is 1. The predicted molar refractivity (Wildman–Crippen MR) is 160 cm³/mol. The minimum Gasteiger partial charge on any atom is -0.282 e. The number of rotatable bonds is 20. The third-order valence-electron chi connectivity index (χ3n) is 7.67. The summed E-state index contributed by atoms with van der Waals surface area (Å²) >= 11 is 0. The maximum absolute atomic E-state index is 11.6.